The molecule has 0 unspecified atom stereocenters. The highest BCUT2D eigenvalue weighted by atomic mass is 16.1. The molecule has 0 radical (unpaired) electrons. The Morgan fingerprint density at radius 1 is 0.960 bits per heavy atom. The smallest absolute Gasteiger partial charge is 0.275 e. The fourth-order valence-electron chi connectivity index (χ4n) is 2.64. The first-order valence-electron chi connectivity index (χ1n) is 8.03. The first-order valence-corrected chi connectivity index (χ1v) is 8.03. The van der Waals surface area contributed by atoms with Crippen LogP contribution in [0.1, 0.15) is 21.6 Å². The van der Waals surface area contributed by atoms with E-state index >= 15 is 0 Å². The van der Waals surface area contributed by atoms with E-state index in [1.807, 2.05) is 68.3 Å². The minimum Gasteiger partial charge on any atom is -0.328 e. The topological polar surface area (TPSA) is 58.1 Å². The Hall–Kier alpha value is -3.21. The predicted octanol–water partition coefficient (Wildman–Crippen LogP) is 4.11. The van der Waals surface area contributed by atoms with Gasteiger partial charge in [-0.3, -0.25) is 4.79 Å². The molecule has 5 heteroatoms. The molecular formula is C20H20N4O. The highest BCUT2D eigenvalue weighted by Crippen LogP contribution is 2.20. The maximum absolute atomic E-state index is 12.4. The fraction of sp³-hybridized carbons (Fsp3) is 0.150. The summed E-state index contributed by atoms with van der Waals surface area (Å²) < 4.78 is 0. The molecule has 0 aliphatic heterocycles. The van der Waals surface area contributed by atoms with Gasteiger partial charge < -0.3 is 10.2 Å². The molecule has 0 fully saturated rings. The van der Waals surface area contributed by atoms with Crippen LogP contribution in [0.4, 0.5) is 17.2 Å². The number of aromatic nitrogens is 2. The molecule has 3 rings (SSSR count). The molecule has 0 saturated heterocycles. The number of amides is 1. The normalized spacial score (nSPS) is 10.4. The van der Waals surface area contributed by atoms with Gasteiger partial charge in [-0.2, -0.15) is 0 Å². The van der Waals surface area contributed by atoms with E-state index < -0.39 is 0 Å². The van der Waals surface area contributed by atoms with Crippen molar-refractivity contribution in [2.24, 2.45) is 0 Å². The molecule has 5 nitrogen and oxygen atoms in total. The third-order valence-electron chi connectivity index (χ3n) is 3.84. The second kappa shape index (κ2) is 7.13. The zero-order chi connectivity index (χ0) is 17.8. The second-order valence-corrected chi connectivity index (χ2v) is 5.98. The fourth-order valence-corrected chi connectivity index (χ4v) is 2.64. The van der Waals surface area contributed by atoms with E-state index in [1.165, 1.54) is 6.20 Å². The number of benzene rings is 2. The molecule has 0 aliphatic rings. The van der Waals surface area contributed by atoms with Crippen LogP contribution in [0.5, 0.6) is 0 Å². The van der Waals surface area contributed by atoms with Crippen LogP contribution in [0.2, 0.25) is 0 Å². The summed E-state index contributed by atoms with van der Waals surface area (Å²) in [5.41, 5.74) is 4.24. The van der Waals surface area contributed by atoms with E-state index in [-0.39, 0.29) is 11.6 Å². The van der Waals surface area contributed by atoms with Crippen LogP contribution in [0.3, 0.4) is 0 Å². The standard InChI is InChI=1S/C20H20N4O/c1-14-9-15(2)11-16(10-14)23-20(25)18-12-22-19(13-21-18)24(3)17-7-5-4-6-8-17/h4-13H,1-3H3,(H,23,25). The summed E-state index contributed by atoms with van der Waals surface area (Å²) >= 11 is 0. The summed E-state index contributed by atoms with van der Waals surface area (Å²) in [4.78, 5) is 22.9. The molecule has 1 N–H and O–H groups in total. The summed E-state index contributed by atoms with van der Waals surface area (Å²) in [7, 11) is 1.91. The van der Waals surface area contributed by atoms with Crippen LogP contribution in [0.15, 0.2) is 60.9 Å². The molecule has 0 saturated carbocycles. The highest BCUT2D eigenvalue weighted by Gasteiger charge is 2.11. The summed E-state index contributed by atoms with van der Waals surface area (Å²) in [5, 5.41) is 2.87. The summed E-state index contributed by atoms with van der Waals surface area (Å²) in [5.74, 6) is 0.403. The number of carbonyl (C=O) groups excluding carboxylic acids is 1. The van der Waals surface area contributed by atoms with Gasteiger partial charge in [0.2, 0.25) is 0 Å². The van der Waals surface area contributed by atoms with E-state index in [1.54, 1.807) is 6.20 Å². The maximum atomic E-state index is 12.4. The van der Waals surface area contributed by atoms with Gasteiger partial charge in [0.25, 0.3) is 5.91 Å². The lowest BCUT2D eigenvalue weighted by molar-refractivity contribution is 0.102. The largest absolute Gasteiger partial charge is 0.328 e. The van der Waals surface area contributed by atoms with E-state index in [0.29, 0.717) is 5.82 Å². The van der Waals surface area contributed by atoms with Crippen LogP contribution in [0.25, 0.3) is 0 Å². The second-order valence-electron chi connectivity index (χ2n) is 5.98. The third kappa shape index (κ3) is 4.01. The maximum Gasteiger partial charge on any atom is 0.275 e. The van der Waals surface area contributed by atoms with Gasteiger partial charge >= 0.3 is 0 Å². The van der Waals surface area contributed by atoms with Crippen LogP contribution in [-0.2, 0) is 0 Å². The van der Waals surface area contributed by atoms with Crippen molar-refractivity contribution in [3.63, 3.8) is 0 Å². The monoisotopic (exact) mass is 332 g/mol. The number of rotatable bonds is 4. The first kappa shape index (κ1) is 16.6. The lowest BCUT2D eigenvalue weighted by Crippen LogP contribution is -2.16. The Kier molecular flexibility index (Phi) is 4.75. The van der Waals surface area contributed by atoms with E-state index in [4.69, 9.17) is 0 Å². The van der Waals surface area contributed by atoms with Crippen molar-refractivity contribution in [3.05, 3.63) is 77.7 Å². The van der Waals surface area contributed by atoms with Crippen LogP contribution < -0.4 is 10.2 Å². The Morgan fingerprint density at radius 2 is 1.64 bits per heavy atom. The van der Waals surface area contributed by atoms with Crippen molar-refractivity contribution < 1.29 is 4.79 Å². The third-order valence-corrected chi connectivity index (χ3v) is 3.84. The van der Waals surface area contributed by atoms with Crippen molar-refractivity contribution in [2.45, 2.75) is 13.8 Å². The Balaban J connectivity index is 1.74. The van der Waals surface area contributed by atoms with Crippen molar-refractivity contribution in [2.75, 3.05) is 17.3 Å². The highest BCUT2D eigenvalue weighted by molar-refractivity contribution is 6.02. The first-order chi connectivity index (χ1) is 12.0. The van der Waals surface area contributed by atoms with Crippen molar-refractivity contribution >= 4 is 23.1 Å². The van der Waals surface area contributed by atoms with Crippen molar-refractivity contribution in [3.8, 4) is 0 Å². The quantitative estimate of drug-likeness (QED) is 0.781. The van der Waals surface area contributed by atoms with E-state index in [0.717, 1.165) is 22.5 Å². The minimum absolute atomic E-state index is 0.272. The number of nitrogens with zero attached hydrogens (tertiary/aromatic N) is 3. The predicted molar refractivity (Wildman–Crippen MR) is 100 cm³/mol. The Bertz CT molecular complexity index is 856. The Morgan fingerprint density at radius 3 is 2.24 bits per heavy atom. The number of para-hydroxylation sites is 1. The zero-order valence-corrected chi connectivity index (χ0v) is 14.5. The van der Waals surface area contributed by atoms with Crippen LogP contribution in [-0.4, -0.2) is 22.9 Å². The lowest BCUT2D eigenvalue weighted by Gasteiger charge is -2.17. The molecule has 0 bridgehead atoms. The Labute approximate surface area is 147 Å². The number of carbonyl (C=O) groups is 1. The lowest BCUT2D eigenvalue weighted by atomic mass is 10.1. The molecule has 0 aliphatic carbocycles. The molecule has 2 aromatic carbocycles. The zero-order valence-electron chi connectivity index (χ0n) is 14.5. The average Bonchev–Trinajstić information content (AvgIpc) is 2.61. The summed E-state index contributed by atoms with van der Waals surface area (Å²) in [6.07, 6.45) is 3.09. The van der Waals surface area contributed by atoms with Crippen LogP contribution in [0, 0.1) is 13.8 Å². The summed E-state index contributed by atoms with van der Waals surface area (Å²) in [6.45, 7) is 3.99. The number of aryl methyl sites for hydroxylation is 2. The van der Waals surface area contributed by atoms with E-state index in [9.17, 15) is 4.79 Å². The molecule has 1 heterocycles. The molecule has 1 aromatic heterocycles. The molecular weight excluding hydrogens is 312 g/mol. The molecule has 0 atom stereocenters. The van der Waals surface area contributed by atoms with E-state index in [2.05, 4.69) is 21.4 Å². The van der Waals surface area contributed by atoms with Gasteiger partial charge in [0, 0.05) is 18.4 Å². The number of hydrogen-bond acceptors (Lipinski definition) is 4. The van der Waals surface area contributed by atoms with Gasteiger partial charge in [-0.15, -0.1) is 0 Å². The molecule has 126 valence electrons. The van der Waals surface area contributed by atoms with Crippen LogP contribution >= 0.6 is 0 Å². The summed E-state index contributed by atoms with van der Waals surface area (Å²) in [6, 6.07) is 15.8. The molecule has 1 amide bonds. The van der Waals surface area contributed by atoms with Gasteiger partial charge in [-0.25, -0.2) is 9.97 Å². The van der Waals surface area contributed by atoms with Gasteiger partial charge in [-0.05, 0) is 49.2 Å². The molecule has 0 spiro atoms. The minimum atomic E-state index is -0.272. The number of hydrogen-bond donors (Lipinski definition) is 1. The van der Waals surface area contributed by atoms with Crippen molar-refractivity contribution in [1.82, 2.24) is 9.97 Å². The average molecular weight is 332 g/mol. The number of anilines is 3. The van der Waals surface area contributed by atoms with Crippen molar-refractivity contribution in [1.29, 1.82) is 0 Å². The SMILES string of the molecule is Cc1cc(C)cc(NC(=O)c2cnc(N(C)c3ccccc3)cn2)c1. The van der Waals surface area contributed by atoms with Gasteiger partial charge in [-0.1, -0.05) is 24.3 Å². The molecule has 25 heavy (non-hydrogen) atoms. The van der Waals surface area contributed by atoms with Gasteiger partial charge in [0.05, 0.1) is 12.4 Å². The molecule has 3 aromatic rings. The van der Waals surface area contributed by atoms with Gasteiger partial charge in [0.1, 0.15) is 5.69 Å². The van der Waals surface area contributed by atoms with Gasteiger partial charge in [0.15, 0.2) is 5.82 Å². The number of nitrogens with one attached hydrogen (secondary N) is 1.